The number of hydrogen-bond acceptors (Lipinski definition) is 3. The van der Waals surface area contributed by atoms with Crippen molar-refractivity contribution in [2.75, 3.05) is 6.61 Å². The molecule has 44 valence electrons. The summed E-state index contributed by atoms with van der Waals surface area (Å²) in [6, 6.07) is 0. The summed E-state index contributed by atoms with van der Waals surface area (Å²) in [7, 11) is -0.849. The Bertz CT molecular complexity index is 120. The first-order valence-corrected chi connectivity index (χ1v) is 3.45. The molecule has 1 heterocycles. The van der Waals surface area contributed by atoms with Gasteiger partial charge in [0.05, 0.1) is 6.61 Å². The highest BCUT2D eigenvalue weighted by molar-refractivity contribution is 6.19. The van der Waals surface area contributed by atoms with Crippen molar-refractivity contribution in [1.82, 2.24) is 0 Å². The molecule has 0 amide bonds. The Morgan fingerprint density at radius 2 is 2.75 bits per heavy atom. The summed E-state index contributed by atoms with van der Waals surface area (Å²) < 4.78 is 9.72. The van der Waals surface area contributed by atoms with E-state index in [-0.39, 0.29) is 0 Å². The predicted molar refractivity (Wildman–Crippen MR) is 29.7 cm³/mol. The van der Waals surface area contributed by atoms with E-state index in [2.05, 4.69) is 0 Å². The number of rotatable bonds is 1. The Kier molecular flexibility index (Phi) is 1.82. The first kappa shape index (κ1) is 5.52. The van der Waals surface area contributed by atoms with E-state index in [0.717, 1.165) is 0 Å². The van der Waals surface area contributed by atoms with Crippen LogP contribution < -0.4 is 0 Å². The Balaban J connectivity index is 2.49. The maximum Gasteiger partial charge on any atom is 0.366 e. The van der Waals surface area contributed by atoms with Gasteiger partial charge in [-0.3, -0.25) is 4.79 Å². The Hall–Kier alpha value is -0.613. The Morgan fingerprint density at radius 1 is 1.88 bits per heavy atom. The molecule has 0 aromatic heterocycles. The van der Waals surface area contributed by atoms with Crippen molar-refractivity contribution in [2.45, 2.75) is 0 Å². The third kappa shape index (κ3) is 1.18. The Labute approximate surface area is 49.3 Å². The molecule has 0 aliphatic carbocycles. The fourth-order valence-electron chi connectivity index (χ4n) is 0.440. The van der Waals surface area contributed by atoms with Gasteiger partial charge >= 0.3 is 10.0 Å². The van der Waals surface area contributed by atoms with Crippen LogP contribution in [0.3, 0.4) is 0 Å². The molecule has 0 bridgehead atoms. The van der Waals surface area contributed by atoms with Crippen LogP contribution in [0.15, 0.2) is 11.8 Å². The highest BCUT2D eigenvalue weighted by Crippen LogP contribution is 1.96. The van der Waals surface area contributed by atoms with Crippen LogP contribution in [-0.4, -0.2) is 22.9 Å². The maximum absolute atomic E-state index is 9.93. The number of carbonyl (C=O) groups excluding carboxylic acids is 1. The normalized spacial score (nSPS) is 21.8. The van der Waals surface area contributed by atoms with E-state index in [9.17, 15) is 4.79 Å². The molecule has 1 rings (SSSR count). The molecule has 4 heteroatoms. The van der Waals surface area contributed by atoms with E-state index >= 15 is 0 Å². The summed E-state index contributed by atoms with van der Waals surface area (Å²) in [6.45, 7) is 0.542. The van der Waals surface area contributed by atoms with Crippen LogP contribution in [0, 0.1) is 0 Å². The predicted octanol–water partition coefficient (Wildman–Crippen LogP) is -0.885. The highest BCUT2D eigenvalue weighted by Gasteiger charge is 2.00. The largest absolute Gasteiger partial charge is 0.522 e. The van der Waals surface area contributed by atoms with E-state index in [1.807, 2.05) is 0 Å². The average Bonchev–Trinajstić information content (AvgIpc) is 1.90. The van der Waals surface area contributed by atoms with E-state index in [1.54, 1.807) is 6.08 Å². The molecule has 0 aromatic rings. The third-order valence-corrected chi connectivity index (χ3v) is 1.68. The molecule has 0 spiro atoms. The molecule has 0 unspecified atom stereocenters. The van der Waals surface area contributed by atoms with Crippen LogP contribution in [0.5, 0.6) is 0 Å². The zero-order chi connectivity index (χ0) is 5.82. The van der Waals surface area contributed by atoms with Crippen molar-refractivity contribution in [3.05, 3.63) is 11.8 Å². The van der Waals surface area contributed by atoms with E-state index in [1.165, 1.54) is 0 Å². The van der Waals surface area contributed by atoms with Crippen LogP contribution in [0.1, 0.15) is 0 Å². The molecule has 0 radical (unpaired) electrons. The van der Waals surface area contributed by atoms with Crippen molar-refractivity contribution in [1.29, 1.82) is 0 Å². The van der Waals surface area contributed by atoms with E-state index in [4.69, 9.17) is 8.85 Å². The molecule has 0 saturated carbocycles. The summed E-state index contributed by atoms with van der Waals surface area (Å²) in [5, 5.41) is 0. The lowest BCUT2D eigenvalue weighted by molar-refractivity contribution is -0.106. The number of hydrogen-bond donors (Lipinski definition) is 0. The summed E-state index contributed by atoms with van der Waals surface area (Å²) in [5.41, 5.74) is 0. The van der Waals surface area contributed by atoms with Crippen molar-refractivity contribution >= 4 is 16.3 Å². The first-order chi connectivity index (χ1) is 3.93. The SMILES string of the molecule is O=CC1=CCO[SiH2]O1. The van der Waals surface area contributed by atoms with E-state index < -0.39 is 10.0 Å². The maximum atomic E-state index is 9.93. The van der Waals surface area contributed by atoms with Gasteiger partial charge in [-0.15, -0.1) is 0 Å². The van der Waals surface area contributed by atoms with Crippen LogP contribution in [0.4, 0.5) is 0 Å². The van der Waals surface area contributed by atoms with Gasteiger partial charge in [0.15, 0.2) is 6.29 Å². The van der Waals surface area contributed by atoms with Crippen molar-refractivity contribution < 1.29 is 13.6 Å². The Morgan fingerprint density at radius 3 is 3.12 bits per heavy atom. The molecule has 8 heavy (non-hydrogen) atoms. The molecule has 0 saturated heterocycles. The van der Waals surface area contributed by atoms with Crippen LogP contribution in [-0.2, 0) is 13.6 Å². The van der Waals surface area contributed by atoms with Crippen LogP contribution in [0.25, 0.3) is 0 Å². The second kappa shape index (κ2) is 2.63. The van der Waals surface area contributed by atoms with Gasteiger partial charge in [0.1, 0.15) is 5.76 Å². The second-order valence-corrected chi connectivity index (χ2v) is 2.29. The van der Waals surface area contributed by atoms with Crippen molar-refractivity contribution in [3.63, 3.8) is 0 Å². The average molecular weight is 130 g/mol. The first-order valence-electron chi connectivity index (χ1n) is 2.29. The van der Waals surface area contributed by atoms with Crippen molar-refractivity contribution in [2.24, 2.45) is 0 Å². The molecular formula is C4H6O3Si. The molecule has 0 aromatic carbocycles. The van der Waals surface area contributed by atoms with Crippen LogP contribution in [0.2, 0.25) is 0 Å². The van der Waals surface area contributed by atoms with Gasteiger partial charge in [-0.1, -0.05) is 0 Å². The highest BCUT2D eigenvalue weighted by atomic mass is 28.3. The standard InChI is InChI=1S/C4H6O3Si/c5-3-4-1-2-6-8-7-4/h1,3H,2,8H2. The lowest BCUT2D eigenvalue weighted by atomic mass is 10.5. The van der Waals surface area contributed by atoms with Gasteiger partial charge in [0.25, 0.3) is 0 Å². The minimum Gasteiger partial charge on any atom is -0.522 e. The van der Waals surface area contributed by atoms with Gasteiger partial charge in [0, 0.05) is 0 Å². The summed E-state index contributed by atoms with van der Waals surface area (Å²) in [4.78, 5) is 9.93. The molecule has 1 aliphatic heterocycles. The van der Waals surface area contributed by atoms with Gasteiger partial charge in [-0.25, -0.2) is 0 Å². The van der Waals surface area contributed by atoms with Gasteiger partial charge < -0.3 is 8.85 Å². The summed E-state index contributed by atoms with van der Waals surface area (Å²) in [6.07, 6.45) is 2.33. The summed E-state index contributed by atoms with van der Waals surface area (Å²) >= 11 is 0. The second-order valence-electron chi connectivity index (χ2n) is 1.36. The minimum absolute atomic E-state index is 0.433. The molecular weight excluding hydrogens is 124 g/mol. The quantitative estimate of drug-likeness (QED) is 0.341. The molecule has 0 N–H and O–H groups in total. The molecule has 3 nitrogen and oxygen atoms in total. The fraction of sp³-hybridized carbons (Fsp3) is 0.250. The molecule has 1 aliphatic rings. The number of carbonyl (C=O) groups is 1. The zero-order valence-corrected chi connectivity index (χ0v) is 5.71. The number of allylic oxidation sites excluding steroid dienone is 1. The molecule has 0 atom stereocenters. The lowest BCUT2D eigenvalue weighted by Crippen LogP contribution is -2.11. The van der Waals surface area contributed by atoms with Crippen molar-refractivity contribution in [3.8, 4) is 0 Å². The lowest BCUT2D eigenvalue weighted by Gasteiger charge is -2.09. The third-order valence-electron chi connectivity index (χ3n) is 0.827. The minimum atomic E-state index is -0.849. The zero-order valence-electron chi connectivity index (χ0n) is 4.29. The smallest absolute Gasteiger partial charge is 0.366 e. The van der Waals surface area contributed by atoms with E-state index in [0.29, 0.717) is 18.7 Å². The molecule has 0 fully saturated rings. The number of aldehydes is 1. The summed E-state index contributed by atoms with van der Waals surface area (Å²) in [5.74, 6) is 0.433. The fourth-order valence-corrected chi connectivity index (χ4v) is 1.06. The topological polar surface area (TPSA) is 35.5 Å². The van der Waals surface area contributed by atoms with Gasteiger partial charge in [-0.2, -0.15) is 0 Å². The van der Waals surface area contributed by atoms with Gasteiger partial charge in [-0.05, 0) is 6.08 Å². The monoisotopic (exact) mass is 130 g/mol. The van der Waals surface area contributed by atoms with Gasteiger partial charge in [0.2, 0.25) is 0 Å². The van der Waals surface area contributed by atoms with Crippen LogP contribution >= 0.6 is 0 Å².